The van der Waals surface area contributed by atoms with Crippen LogP contribution in [0, 0.1) is 17.2 Å². The van der Waals surface area contributed by atoms with Gasteiger partial charge in [-0.05, 0) is 42.9 Å². The van der Waals surface area contributed by atoms with Crippen LogP contribution in [0.15, 0.2) is 24.3 Å². The molecule has 0 aromatic heterocycles. The molecule has 1 aliphatic heterocycles. The topological polar surface area (TPSA) is 90.4 Å². The number of carbonyl (C=O) groups excluding carboxylic acids is 1. The first kappa shape index (κ1) is 12.9. The van der Waals surface area contributed by atoms with Crippen molar-refractivity contribution in [1.29, 1.82) is 5.26 Å². The maximum atomic E-state index is 12.4. The van der Waals surface area contributed by atoms with Crippen molar-refractivity contribution in [2.75, 3.05) is 0 Å². The predicted octanol–water partition coefficient (Wildman–Crippen LogP) is 0.775. The van der Waals surface area contributed by atoms with Crippen LogP contribution in [0.2, 0.25) is 0 Å². The highest BCUT2D eigenvalue weighted by molar-refractivity contribution is 5.83. The number of nitriles is 1. The van der Waals surface area contributed by atoms with E-state index in [0.717, 1.165) is 18.4 Å². The number of rotatable bonds is 3. The van der Waals surface area contributed by atoms with E-state index in [1.165, 1.54) is 0 Å². The maximum Gasteiger partial charge on any atom is 0.241 e. The second-order valence-corrected chi connectivity index (χ2v) is 5.67. The summed E-state index contributed by atoms with van der Waals surface area (Å²) in [4.78, 5) is 14.1. The molecule has 4 atom stereocenters. The summed E-state index contributed by atoms with van der Waals surface area (Å²) in [6.07, 6.45) is 2.22. The van der Waals surface area contributed by atoms with E-state index in [4.69, 9.17) is 11.0 Å². The molecule has 0 bridgehead atoms. The smallest absolute Gasteiger partial charge is 0.241 e. The number of hydrogen-bond acceptors (Lipinski definition) is 4. The van der Waals surface area contributed by atoms with Crippen LogP contribution in [0.4, 0.5) is 0 Å². The number of likely N-dealkylation sites (tertiary alicyclic amines) is 1. The van der Waals surface area contributed by atoms with Gasteiger partial charge in [-0.25, -0.2) is 0 Å². The van der Waals surface area contributed by atoms with Crippen LogP contribution in [-0.2, 0) is 11.2 Å². The van der Waals surface area contributed by atoms with Crippen molar-refractivity contribution in [2.24, 2.45) is 11.7 Å². The Morgan fingerprint density at radius 2 is 2.15 bits per heavy atom. The van der Waals surface area contributed by atoms with Crippen LogP contribution in [0.3, 0.4) is 0 Å². The lowest BCUT2D eigenvalue weighted by Gasteiger charge is -2.26. The molecule has 1 saturated carbocycles. The van der Waals surface area contributed by atoms with Crippen molar-refractivity contribution >= 4 is 5.91 Å². The minimum Gasteiger partial charge on any atom is -0.508 e. The molecule has 2 unspecified atom stereocenters. The number of carbonyl (C=O) groups is 1. The van der Waals surface area contributed by atoms with E-state index in [9.17, 15) is 9.90 Å². The van der Waals surface area contributed by atoms with E-state index < -0.39 is 6.04 Å². The first-order valence-corrected chi connectivity index (χ1v) is 6.85. The molecule has 1 aromatic carbocycles. The lowest BCUT2D eigenvalue weighted by molar-refractivity contribution is -0.133. The van der Waals surface area contributed by atoms with Gasteiger partial charge in [-0.2, -0.15) is 5.26 Å². The molecule has 2 fully saturated rings. The normalized spacial score (nSPS) is 28.6. The highest BCUT2D eigenvalue weighted by Crippen LogP contribution is 2.47. The molecule has 104 valence electrons. The number of fused-ring (bicyclic) bond motifs is 1. The van der Waals surface area contributed by atoms with Crippen molar-refractivity contribution in [3.8, 4) is 11.8 Å². The van der Waals surface area contributed by atoms with Crippen molar-refractivity contribution in [2.45, 2.75) is 37.4 Å². The summed E-state index contributed by atoms with van der Waals surface area (Å²) in [6.45, 7) is 0. The quantitative estimate of drug-likeness (QED) is 0.849. The Kier molecular flexibility index (Phi) is 3.11. The molecule has 1 amide bonds. The van der Waals surface area contributed by atoms with Gasteiger partial charge in [0.05, 0.1) is 12.1 Å². The molecular weight excluding hydrogens is 254 g/mol. The molecule has 1 saturated heterocycles. The summed E-state index contributed by atoms with van der Waals surface area (Å²) in [6, 6.07) is 8.17. The predicted molar refractivity (Wildman–Crippen MR) is 72.5 cm³/mol. The molecular formula is C15H17N3O2. The fourth-order valence-electron chi connectivity index (χ4n) is 3.05. The highest BCUT2D eigenvalue weighted by atomic mass is 16.3. The number of phenolic OH excluding ortho intramolecular Hbond substituents is 1. The van der Waals surface area contributed by atoms with Gasteiger partial charge in [0.25, 0.3) is 0 Å². The summed E-state index contributed by atoms with van der Waals surface area (Å²) >= 11 is 0. The Balaban J connectivity index is 1.67. The number of hydrogen-bond donors (Lipinski definition) is 2. The second-order valence-electron chi connectivity index (χ2n) is 5.67. The molecule has 1 aromatic rings. The molecule has 20 heavy (non-hydrogen) atoms. The number of phenols is 1. The number of amides is 1. The van der Waals surface area contributed by atoms with Crippen LogP contribution in [0.25, 0.3) is 0 Å². The van der Waals surface area contributed by atoms with Crippen LogP contribution >= 0.6 is 0 Å². The summed E-state index contributed by atoms with van der Waals surface area (Å²) < 4.78 is 0. The van der Waals surface area contributed by atoms with Crippen molar-refractivity contribution in [1.82, 2.24) is 4.90 Å². The third kappa shape index (κ3) is 2.23. The summed E-state index contributed by atoms with van der Waals surface area (Å²) in [5, 5.41) is 18.4. The average molecular weight is 271 g/mol. The second kappa shape index (κ2) is 4.80. The van der Waals surface area contributed by atoms with Gasteiger partial charge in [0.2, 0.25) is 5.91 Å². The molecule has 1 aliphatic carbocycles. The Morgan fingerprint density at radius 3 is 2.80 bits per heavy atom. The minimum atomic E-state index is -0.630. The fraction of sp³-hybridized carbons (Fsp3) is 0.467. The summed E-state index contributed by atoms with van der Waals surface area (Å²) in [7, 11) is 0. The molecule has 0 radical (unpaired) electrons. The first-order valence-electron chi connectivity index (χ1n) is 6.85. The van der Waals surface area contributed by atoms with Crippen molar-refractivity contribution in [3.05, 3.63) is 29.8 Å². The van der Waals surface area contributed by atoms with Crippen molar-refractivity contribution < 1.29 is 9.90 Å². The monoisotopic (exact) mass is 271 g/mol. The van der Waals surface area contributed by atoms with E-state index in [1.54, 1.807) is 29.2 Å². The molecule has 3 rings (SSSR count). The van der Waals surface area contributed by atoms with Crippen molar-refractivity contribution in [3.63, 3.8) is 0 Å². The molecule has 5 nitrogen and oxygen atoms in total. The summed E-state index contributed by atoms with van der Waals surface area (Å²) in [5.41, 5.74) is 6.91. The van der Waals surface area contributed by atoms with E-state index >= 15 is 0 Å². The zero-order chi connectivity index (χ0) is 14.3. The highest BCUT2D eigenvalue weighted by Gasteiger charge is 2.54. The number of nitrogens with two attached hydrogens (primary N) is 1. The average Bonchev–Trinajstić information content (AvgIpc) is 3.11. The molecule has 2 aliphatic rings. The third-order valence-corrected chi connectivity index (χ3v) is 4.22. The summed E-state index contributed by atoms with van der Waals surface area (Å²) in [5.74, 6) is 0.567. The number of piperidine rings is 1. The van der Waals surface area contributed by atoms with Crippen LogP contribution in [0.1, 0.15) is 18.4 Å². The SMILES string of the molecule is N#CC1C[C@@H]2C[C@@H]2N1C(=O)C(N)Cc1ccc(O)cc1. The Labute approximate surface area is 117 Å². The number of nitrogens with zero attached hydrogens (tertiary/aromatic N) is 2. The van der Waals surface area contributed by atoms with Crippen LogP contribution in [-0.4, -0.2) is 34.0 Å². The lowest BCUT2D eigenvalue weighted by atomic mass is 10.0. The zero-order valence-corrected chi connectivity index (χ0v) is 11.1. The van der Waals surface area contributed by atoms with Gasteiger partial charge in [-0.15, -0.1) is 0 Å². The standard InChI is InChI=1S/C15H17N3O2/c16-8-11-6-10-7-14(10)18(11)15(20)13(17)5-9-1-3-12(19)4-2-9/h1-4,10-11,13-14,19H,5-7,17H2/t10-,11?,13?,14+/m1/s1. The van der Waals surface area contributed by atoms with Gasteiger partial charge in [-0.3, -0.25) is 4.79 Å². The number of benzene rings is 1. The maximum absolute atomic E-state index is 12.4. The zero-order valence-electron chi connectivity index (χ0n) is 11.1. The molecule has 1 heterocycles. The van der Waals surface area contributed by atoms with Gasteiger partial charge < -0.3 is 15.7 Å². The number of aromatic hydroxyl groups is 1. The molecule has 3 N–H and O–H groups in total. The lowest BCUT2D eigenvalue weighted by Crippen LogP contribution is -2.48. The molecule has 0 spiro atoms. The van der Waals surface area contributed by atoms with Gasteiger partial charge in [-0.1, -0.05) is 12.1 Å². The Morgan fingerprint density at radius 1 is 1.45 bits per heavy atom. The van der Waals surface area contributed by atoms with Gasteiger partial charge in [0.15, 0.2) is 0 Å². The van der Waals surface area contributed by atoms with Gasteiger partial charge >= 0.3 is 0 Å². The third-order valence-electron chi connectivity index (χ3n) is 4.22. The van der Waals surface area contributed by atoms with Gasteiger partial charge in [0, 0.05) is 6.04 Å². The van der Waals surface area contributed by atoms with E-state index in [0.29, 0.717) is 12.3 Å². The first-order chi connectivity index (χ1) is 9.60. The van der Waals surface area contributed by atoms with Crippen LogP contribution in [0.5, 0.6) is 5.75 Å². The van der Waals surface area contributed by atoms with E-state index in [2.05, 4.69) is 6.07 Å². The minimum absolute atomic E-state index is 0.130. The van der Waals surface area contributed by atoms with Crippen LogP contribution < -0.4 is 5.73 Å². The Bertz CT molecular complexity index is 563. The fourth-order valence-corrected chi connectivity index (χ4v) is 3.05. The Hall–Kier alpha value is -2.06. The molecule has 5 heteroatoms. The largest absolute Gasteiger partial charge is 0.508 e. The van der Waals surface area contributed by atoms with E-state index in [1.807, 2.05) is 0 Å². The van der Waals surface area contributed by atoms with Gasteiger partial charge in [0.1, 0.15) is 11.8 Å². The van der Waals surface area contributed by atoms with E-state index in [-0.39, 0.29) is 23.7 Å².